The number of ether oxygens (including phenoxy) is 1. The number of carbonyl (C=O) groups is 1. The zero-order chi connectivity index (χ0) is 28.3. The van der Waals surface area contributed by atoms with Crippen LogP contribution >= 0.6 is 11.6 Å². The average molecular weight is 571 g/mol. The van der Waals surface area contributed by atoms with Gasteiger partial charge < -0.3 is 15.0 Å². The summed E-state index contributed by atoms with van der Waals surface area (Å²) in [6, 6.07) is 17.8. The van der Waals surface area contributed by atoms with Crippen LogP contribution in [0.1, 0.15) is 59.3 Å². The van der Waals surface area contributed by atoms with Gasteiger partial charge >= 0.3 is 6.36 Å². The predicted molar refractivity (Wildman–Crippen MR) is 149 cm³/mol. The second kappa shape index (κ2) is 11.8. The molecule has 4 aromatic rings. The van der Waals surface area contributed by atoms with E-state index in [2.05, 4.69) is 39.1 Å². The molecular formula is C30H30ClF3N4O2. The van der Waals surface area contributed by atoms with Crippen molar-refractivity contribution in [3.8, 4) is 5.75 Å². The number of benzene rings is 2. The molecule has 6 nitrogen and oxygen atoms in total. The number of hydrogen-bond acceptors (Lipinski definition) is 4. The van der Waals surface area contributed by atoms with E-state index in [0.29, 0.717) is 29.1 Å². The van der Waals surface area contributed by atoms with E-state index in [1.807, 2.05) is 12.1 Å². The molecule has 5 rings (SSSR count). The van der Waals surface area contributed by atoms with Gasteiger partial charge in [0.1, 0.15) is 5.75 Å². The molecule has 0 atom stereocenters. The number of alkyl halides is 3. The number of nitrogens with zero attached hydrogens (tertiary/aromatic N) is 3. The summed E-state index contributed by atoms with van der Waals surface area (Å²) in [5, 5.41) is 8.15. The van der Waals surface area contributed by atoms with E-state index >= 15 is 0 Å². The second-order valence-corrected chi connectivity index (χ2v) is 10.4. The lowest BCUT2D eigenvalue weighted by Gasteiger charge is -2.34. The lowest BCUT2D eigenvalue weighted by molar-refractivity contribution is -0.274. The fourth-order valence-corrected chi connectivity index (χ4v) is 5.40. The number of amides is 1. The first-order chi connectivity index (χ1) is 19.2. The highest BCUT2D eigenvalue weighted by Crippen LogP contribution is 2.32. The molecule has 10 heteroatoms. The molecule has 1 aliphatic rings. The van der Waals surface area contributed by atoms with E-state index in [-0.39, 0.29) is 17.6 Å². The molecule has 1 aliphatic heterocycles. The molecule has 40 heavy (non-hydrogen) atoms. The maximum absolute atomic E-state index is 13.2. The first kappa shape index (κ1) is 27.8. The summed E-state index contributed by atoms with van der Waals surface area (Å²) < 4.78 is 42.9. The van der Waals surface area contributed by atoms with Crippen LogP contribution < -0.4 is 15.0 Å². The fraction of sp³-hybridized carbons (Fsp3) is 0.333. The average Bonchev–Trinajstić information content (AvgIpc) is 3.29. The van der Waals surface area contributed by atoms with Crippen molar-refractivity contribution in [3.63, 3.8) is 0 Å². The molecule has 1 N–H and O–H groups in total. The largest absolute Gasteiger partial charge is 0.573 e. The molecular weight excluding hydrogens is 541 g/mol. The minimum Gasteiger partial charge on any atom is -0.406 e. The van der Waals surface area contributed by atoms with Crippen LogP contribution in [-0.2, 0) is 13.0 Å². The van der Waals surface area contributed by atoms with Crippen LogP contribution in [-0.4, -0.2) is 35.0 Å². The number of carbonyl (C=O) groups excluding carboxylic acids is 1. The van der Waals surface area contributed by atoms with E-state index in [0.717, 1.165) is 54.9 Å². The number of fused-ring (bicyclic) bond motifs is 1. The third kappa shape index (κ3) is 6.53. The van der Waals surface area contributed by atoms with Crippen molar-refractivity contribution >= 4 is 28.7 Å². The number of aromatic nitrogens is 2. The first-order valence-electron chi connectivity index (χ1n) is 13.3. The van der Waals surface area contributed by atoms with Gasteiger partial charge in [0.2, 0.25) is 0 Å². The molecule has 0 aliphatic carbocycles. The summed E-state index contributed by atoms with van der Waals surface area (Å²) in [5.74, 6) is -0.0858. The van der Waals surface area contributed by atoms with Gasteiger partial charge in [0.05, 0.1) is 16.8 Å². The molecule has 0 bridgehead atoms. The van der Waals surface area contributed by atoms with Gasteiger partial charge in [-0.1, -0.05) is 49.2 Å². The van der Waals surface area contributed by atoms with Crippen molar-refractivity contribution in [2.24, 2.45) is 0 Å². The summed E-state index contributed by atoms with van der Waals surface area (Å²) in [4.78, 5) is 15.5. The van der Waals surface area contributed by atoms with Crippen LogP contribution in [0.4, 0.5) is 18.9 Å². The highest BCUT2D eigenvalue weighted by molar-refractivity contribution is 6.31. The van der Waals surface area contributed by atoms with Crippen molar-refractivity contribution in [2.45, 2.75) is 51.4 Å². The van der Waals surface area contributed by atoms with Gasteiger partial charge in [-0.3, -0.25) is 4.79 Å². The third-order valence-electron chi connectivity index (χ3n) is 7.22. The molecule has 2 aromatic carbocycles. The van der Waals surface area contributed by atoms with E-state index in [1.54, 1.807) is 35.0 Å². The summed E-state index contributed by atoms with van der Waals surface area (Å²) in [5.41, 5.74) is 5.12. The maximum Gasteiger partial charge on any atom is 0.573 e. The molecule has 0 spiro atoms. The SMILES string of the molecule is CCCc1nn2ccc(Cl)cc2c1C(=O)NCc1ccc(N2CCC(c3ccc(OC(F)(F)F)cc3)CC2)cc1. The van der Waals surface area contributed by atoms with Gasteiger partial charge in [-0.25, -0.2) is 4.52 Å². The van der Waals surface area contributed by atoms with Gasteiger partial charge in [-0.2, -0.15) is 5.10 Å². The Kier molecular flexibility index (Phi) is 8.21. The quantitative estimate of drug-likeness (QED) is 0.244. The van der Waals surface area contributed by atoms with Crippen LogP contribution in [0.25, 0.3) is 5.52 Å². The Morgan fingerprint density at radius 3 is 2.42 bits per heavy atom. The topological polar surface area (TPSA) is 58.9 Å². The Balaban J connectivity index is 1.16. The van der Waals surface area contributed by atoms with Crippen molar-refractivity contribution in [3.05, 3.63) is 94.3 Å². The number of halogens is 4. The van der Waals surface area contributed by atoms with Gasteiger partial charge in [-0.15, -0.1) is 13.2 Å². The lowest BCUT2D eigenvalue weighted by Crippen LogP contribution is -2.32. The van der Waals surface area contributed by atoms with Crippen molar-refractivity contribution < 1.29 is 22.7 Å². The molecule has 2 aromatic heterocycles. The molecule has 1 saturated heterocycles. The molecule has 1 amide bonds. The lowest BCUT2D eigenvalue weighted by atomic mass is 9.89. The summed E-state index contributed by atoms with van der Waals surface area (Å²) >= 11 is 6.18. The number of rotatable bonds is 8. The Morgan fingerprint density at radius 1 is 1.07 bits per heavy atom. The second-order valence-electron chi connectivity index (χ2n) is 9.97. The van der Waals surface area contributed by atoms with Crippen LogP contribution in [0.5, 0.6) is 5.75 Å². The van der Waals surface area contributed by atoms with Crippen molar-refractivity contribution in [1.29, 1.82) is 0 Å². The summed E-state index contributed by atoms with van der Waals surface area (Å²) in [7, 11) is 0. The highest BCUT2D eigenvalue weighted by atomic mass is 35.5. The fourth-order valence-electron chi connectivity index (χ4n) is 5.24. The first-order valence-corrected chi connectivity index (χ1v) is 13.7. The van der Waals surface area contributed by atoms with Gasteiger partial charge in [0.25, 0.3) is 5.91 Å². The molecule has 0 unspecified atom stereocenters. The van der Waals surface area contributed by atoms with Crippen molar-refractivity contribution in [2.75, 3.05) is 18.0 Å². The molecule has 0 radical (unpaired) electrons. The molecule has 210 valence electrons. The van der Waals surface area contributed by atoms with E-state index in [9.17, 15) is 18.0 Å². The van der Waals surface area contributed by atoms with Gasteiger partial charge in [0.15, 0.2) is 0 Å². The van der Waals surface area contributed by atoms with E-state index < -0.39 is 6.36 Å². The smallest absolute Gasteiger partial charge is 0.406 e. The molecule has 3 heterocycles. The normalized spacial score (nSPS) is 14.5. The minimum absolute atomic E-state index is 0.176. The minimum atomic E-state index is -4.68. The van der Waals surface area contributed by atoms with Crippen LogP contribution in [0.3, 0.4) is 0 Å². The molecule has 0 saturated carbocycles. The predicted octanol–water partition coefficient (Wildman–Crippen LogP) is 7.15. The Morgan fingerprint density at radius 2 is 1.77 bits per heavy atom. The number of hydrogen-bond donors (Lipinski definition) is 1. The number of aryl methyl sites for hydroxylation is 1. The van der Waals surface area contributed by atoms with Crippen LogP contribution in [0.2, 0.25) is 5.02 Å². The number of piperidine rings is 1. The maximum atomic E-state index is 13.2. The zero-order valence-electron chi connectivity index (χ0n) is 22.0. The van der Waals surface area contributed by atoms with Crippen molar-refractivity contribution in [1.82, 2.24) is 14.9 Å². The summed E-state index contributed by atoms with van der Waals surface area (Å²) in [6.07, 6.45) is 0.460. The standard InChI is InChI=1S/C30H30ClF3N4O2/c1-2-3-26-28(27-18-23(31)14-17-38(27)36-26)29(39)35-19-20-4-8-24(9-5-20)37-15-12-22(13-16-37)21-6-10-25(11-7-21)40-30(32,33)34/h4-11,14,17-18,22H,2-3,12-13,15-16,19H2,1H3,(H,35,39). The van der Waals surface area contributed by atoms with Crippen LogP contribution in [0, 0.1) is 0 Å². The molecule has 1 fully saturated rings. The Bertz CT molecular complexity index is 1460. The third-order valence-corrected chi connectivity index (χ3v) is 7.45. The Labute approximate surface area is 235 Å². The van der Waals surface area contributed by atoms with Crippen LogP contribution in [0.15, 0.2) is 66.9 Å². The highest BCUT2D eigenvalue weighted by Gasteiger charge is 2.31. The van der Waals surface area contributed by atoms with E-state index in [1.165, 1.54) is 12.1 Å². The Hall–Kier alpha value is -3.72. The number of pyridine rings is 1. The monoisotopic (exact) mass is 570 g/mol. The van der Waals surface area contributed by atoms with Gasteiger partial charge in [-0.05, 0) is 72.7 Å². The number of nitrogens with one attached hydrogen (secondary N) is 1. The number of anilines is 1. The zero-order valence-corrected chi connectivity index (χ0v) is 22.8. The summed E-state index contributed by atoms with van der Waals surface area (Å²) in [6.45, 7) is 4.13. The van der Waals surface area contributed by atoms with E-state index in [4.69, 9.17) is 11.6 Å². The van der Waals surface area contributed by atoms with Gasteiger partial charge in [0, 0.05) is 36.5 Å².